The third-order valence-electron chi connectivity index (χ3n) is 6.32. The molecule has 2 fully saturated rings. The summed E-state index contributed by atoms with van der Waals surface area (Å²) in [5.41, 5.74) is -0.334. The van der Waals surface area contributed by atoms with Crippen molar-refractivity contribution in [3.05, 3.63) is 64.7 Å². The van der Waals surface area contributed by atoms with Crippen molar-refractivity contribution in [1.29, 1.82) is 0 Å². The normalized spacial score (nSPS) is 19.5. The molecule has 0 bridgehead atoms. The van der Waals surface area contributed by atoms with Gasteiger partial charge in [0, 0.05) is 42.4 Å². The van der Waals surface area contributed by atoms with E-state index in [0.29, 0.717) is 44.2 Å². The predicted octanol–water partition coefficient (Wildman–Crippen LogP) is 4.74. The summed E-state index contributed by atoms with van der Waals surface area (Å²) in [4.78, 5) is 14.1. The van der Waals surface area contributed by atoms with E-state index in [9.17, 15) is 22.0 Å². The molecule has 0 N–H and O–H groups in total. The minimum atomic E-state index is -4.20. The number of ether oxygens (including phenoxy) is 3. The van der Waals surface area contributed by atoms with Crippen molar-refractivity contribution >= 4 is 27.5 Å². The van der Waals surface area contributed by atoms with Crippen molar-refractivity contribution in [2.45, 2.75) is 35.7 Å². The first kappa shape index (κ1) is 25.8. The Kier molecular flexibility index (Phi) is 7.65. The van der Waals surface area contributed by atoms with E-state index >= 15 is 0 Å². The summed E-state index contributed by atoms with van der Waals surface area (Å²) in [7, 11) is -4.20. The van der Waals surface area contributed by atoms with Crippen molar-refractivity contribution in [3.8, 4) is 0 Å². The Hall–Kier alpha value is -2.27. The van der Waals surface area contributed by atoms with Crippen molar-refractivity contribution in [1.82, 2.24) is 4.90 Å². The number of amides is 1. The van der Waals surface area contributed by atoms with Gasteiger partial charge in [-0.3, -0.25) is 0 Å². The van der Waals surface area contributed by atoms with Crippen LogP contribution in [0.15, 0.2) is 47.4 Å². The molecular weight excluding hydrogens is 504 g/mol. The van der Waals surface area contributed by atoms with Crippen molar-refractivity contribution < 1.29 is 36.2 Å². The molecule has 2 heterocycles. The molecule has 2 atom stereocenters. The fraction of sp³-hybridized carbons (Fsp3) is 0.458. The molecule has 2 aromatic rings. The number of halogens is 3. The molecule has 4 rings (SSSR count). The number of sulfone groups is 1. The Morgan fingerprint density at radius 2 is 1.74 bits per heavy atom. The number of piperidine rings is 1. The second kappa shape index (κ2) is 10.4. The third-order valence-corrected chi connectivity index (χ3v) is 8.89. The maximum Gasteiger partial charge on any atom is 0.409 e. The largest absolute Gasteiger partial charge is 0.449 e. The van der Waals surface area contributed by atoms with Crippen LogP contribution in [-0.2, 0) is 24.0 Å². The monoisotopic (exact) mass is 529 g/mol. The molecule has 2 aliphatic heterocycles. The average molecular weight is 530 g/mol. The zero-order valence-electron chi connectivity index (χ0n) is 19.1. The van der Waals surface area contributed by atoms with E-state index in [2.05, 4.69) is 0 Å². The van der Waals surface area contributed by atoms with E-state index in [1.54, 1.807) is 0 Å². The van der Waals surface area contributed by atoms with E-state index in [1.807, 2.05) is 0 Å². The second-order valence-corrected chi connectivity index (χ2v) is 11.2. The molecule has 0 saturated carbocycles. The van der Waals surface area contributed by atoms with Gasteiger partial charge in [0.2, 0.25) is 0 Å². The van der Waals surface area contributed by atoms with Gasteiger partial charge in [-0.25, -0.2) is 22.0 Å². The Morgan fingerprint density at radius 3 is 2.37 bits per heavy atom. The topological polar surface area (TPSA) is 82.1 Å². The summed E-state index contributed by atoms with van der Waals surface area (Å²) in [6, 6.07) is 8.06. The van der Waals surface area contributed by atoms with Crippen LogP contribution < -0.4 is 0 Å². The Bertz CT molecular complexity index is 1160. The maximum atomic E-state index is 14.7. The summed E-state index contributed by atoms with van der Waals surface area (Å²) < 4.78 is 72.5. The van der Waals surface area contributed by atoms with Gasteiger partial charge in [-0.2, -0.15) is 0 Å². The van der Waals surface area contributed by atoms with Gasteiger partial charge in [-0.15, -0.1) is 0 Å². The molecule has 1 amide bonds. The number of hydrogen-bond donors (Lipinski definition) is 0. The highest BCUT2D eigenvalue weighted by Crippen LogP contribution is 2.38. The SMILES string of the molecule is C[C@H](COC(=O)N1CCC2(CC1)OCCO2)[C@@H](c1cc(F)ccc1F)S(=O)(=O)c1ccc(Cl)cc1. The van der Waals surface area contributed by atoms with Crippen molar-refractivity contribution in [2.75, 3.05) is 32.9 Å². The summed E-state index contributed by atoms with van der Waals surface area (Å²) >= 11 is 5.88. The highest BCUT2D eigenvalue weighted by atomic mass is 35.5. The van der Waals surface area contributed by atoms with E-state index in [-0.39, 0.29) is 17.1 Å². The summed E-state index contributed by atoms with van der Waals surface area (Å²) in [6.45, 7) is 2.95. The first-order valence-electron chi connectivity index (χ1n) is 11.3. The summed E-state index contributed by atoms with van der Waals surface area (Å²) in [5.74, 6) is -3.20. The Balaban J connectivity index is 1.51. The number of rotatable bonds is 6. The molecule has 7 nitrogen and oxygen atoms in total. The fourth-order valence-electron chi connectivity index (χ4n) is 4.48. The molecule has 190 valence electrons. The lowest BCUT2D eigenvalue weighted by molar-refractivity contribution is -0.182. The number of likely N-dealkylation sites (tertiary alicyclic amines) is 1. The highest BCUT2D eigenvalue weighted by Gasteiger charge is 2.42. The minimum Gasteiger partial charge on any atom is -0.449 e. The lowest BCUT2D eigenvalue weighted by Crippen LogP contribution is -2.47. The molecule has 2 aromatic carbocycles. The van der Waals surface area contributed by atoms with Crippen LogP contribution in [0.2, 0.25) is 5.02 Å². The van der Waals surface area contributed by atoms with Crippen LogP contribution in [-0.4, -0.2) is 58.1 Å². The molecule has 35 heavy (non-hydrogen) atoms. The lowest BCUT2D eigenvalue weighted by Gasteiger charge is -2.37. The van der Waals surface area contributed by atoms with Crippen LogP contribution in [0.5, 0.6) is 0 Å². The van der Waals surface area contributed by atoms with E-state index in [0.717, 1.165) is 18.2 Å². The van der Waals surface area contributed by atoms with Gasteiger partial charge in [0.15, 0.2) is 15.6 Å². The molecule has 0 aliphatic carbocycles. The number of carbonyl (C=O) groups is 1. The zero-order valence-corrected chi connectivity index (χ0v) is 20.7. The van der Waals surface area contributed by atoms with Crippen LogP contribution in [0, 0.1) is 17.6 Å². The van der Waals surface area contributed by atoms with Crippen LogP contribution in [0.3, 0.4) is 0 Å². The number of carbonyl (C=O) groups excluding carboxylic acids is 1. The van der Waals surface area contributed by atoms with Crippen LogP contribution in [0.4, 0.5) is 13.6 Å². The molecule has 2 saturated heterocycles. The second-order valence-electron chi connectivity index (χ2n) is 8.73. The Labute approximate surface area is 207 Å². The highest BCUT2D eigenvalue weighted by molar-refractivity contribution is 7.91. The van der Waals surface area contributed by atoms with Gasteiger partial charge in [0.05, 0.1) is 30.0 Å². The number of nitrogens with zero attached hydrogens (tertiary/aromatic N) is 1. The predicted molar refractivity (Wildman–Crippen MR) is 124 cm³/mol. The zero-order chi connectivity index (χ0) is 25.2. The van der Waals surface area contributed by atoms with Gasteiger partial charge < -0.3 is 19.1 Å². The van der Waals surface area contributed by atoms with E-state index in [1.165, 1.54) is 36.1 Å². The minimum absolute atomic E-state index is 0.105. The van der Waals surface area contributed by atoms with Gasteiger partial charge in [-0.05, 0) is 42.5 Å². The van der Waals surface area contributed by atoms with Crippen molar-refractivity contribution in [3.63, 3.8) is 0 Å². The molecule has 0 unspecified atom stereocenters. The smallest absolute Gasteiger partial charge is 0.409 e. The maximum absolute atomic E-state index is 14.7. The van der Waals surface area contributed by atoms with Gasteiger partial charge in [0.25, 0.3) is 0 Å². The van der Waals surface area contributed by atoms with Gasteiger partial charge in [-0.1, -0.05) is 18.5 Å². The molecule has 11 heteroatoms. The molecule has 0 radical (unpaired) electrons. The van der Waals surface area contributed by atoms with Gasteiger partial charge >= 0.3 is 6.09 Å². The first-order chi connectivity index (χ1) is 16.6. The lowest BCUT2D eigenvalue weighted by atomic mass is 10.0. The molecule has 0 aromatic heterocycles. The molecule has 1 spiro atoms. The number of benzene rings is 2. The fourth-order valence-corrected chi connectivity index (χ4v) is 6.62. The van der Waals surface area contributed by atoms with Crippen LogP contribution in [0.1, 0.15) is 30.6 Å². The number of hydrogen-bond acceptors (Lipinski definition) is 6. The van der Waals surface area contributed by atoms with Crippen molar-refractivity contribution in [2.24, 2.45) is 5.92 Å². The standard InChI is InChI=1S/C24H26ClF2NO6S/c1-16(15-32-23(29)28-10-8-24(9-11-28)33-12-13-34-24)22(20-14-18(26)4-7-21(20)27)35(30,31)19-5-2-17(25)3-6-19/h2-7,14,16,22H,8-13,15H2,1H3/t16-,22+/m1/s1. The van der Waals surface area contributed by atoms with Crippen LogP contribution >= 0.6 is 11.6 Å². The quantitative estimate of drug-likeness (QED) is 0.537. The van der Waals surface area contributed by atoms with Crippen LogP contribution in [0.25, 0.3) is 0 Å². The summed E-state index contributed by atoms with van der Waals surface area (Å²) in [6.07, 6.45) is 0.381. The van der Waals surface area contributed by atoms with E-state index in [4.69, 9.17) is 25.8 Å². The summed E-state index contributed by atoms with van der Waals surface area (Å²) in [5, 5.41) is -1.17. The molecule has 2 aliphatic rings. The van der Waals surface area contributed by atoms with Gasteiger partial charge in [0.1, 0.15) is 11.6 Å². The molecular formula is C24H26ClF2NO6S. The van der Waals surface area contributed by atoms with E-state index < -0.39 is 44.5 Å². The first-order valence-corrected chi connectivity index (χ1v) is 13.2. The Morgan fingerprint density at radius 1 is 1.11 bits per heavy atom. The average Bonchev–Trinajstić information content (AvgIpc) is 3.28. The third kappa shape index (κ3) is 5.61.